The van der Waals surface area contributed by atoms with Gasteiger partial charge in [-0.15, -0.1) is 0 Å². The van der Waals surface area contributed by atoms with Gasteiger partial charge in [0.2, 0.25) is 0 Å². The van der Waals surface area contributed by atoms with Gasteiger partial charge < -0.3 is 14.4 Å². The fraction of sp³-hybridized carbons (Fsp3) is 0.769. The van der Waals surface area contributed by atoms with Gasteiger partial charge in [0.05, 0.1) is 19.7 Å². The summed E-state index contributed by atoms with van der Waals surface area (Å²) < 4.78 is 10.4. The first-order valence-electron chi connectivity index (χ1n) is 6.32. The third-order valence-corrected chi connectivity index (χ3v) is 2.91. The molecule has 0 aromatic heterocycles. The van der Waals surface area contributed by atoms with Crippen molar-refractivity contribution in [3.05, 3.63) is 0 Å². The van der Waals surface area contributed by atoms with E-state index in [1.54, 1.807) is 0 Å². The lowest BCUT2D eigenvalue weighted by Crippen LogP contribution is -3.11. The molecule has 0 unspecified atom stereocenters. The van der Waals surface area contributed by atoms with Crippen molar-refractivity contribution in [2.75, 3.05) is 32.8 Å². The van der Waals surface area contributed by atoms with Crippen molar-refractivity contribution in [3.63, 3.8) is 0 Å². The number of ether oxygens (including phenoxy) is 2. The molecule has 17 heavy (non-hydrogen) atoms. The monoisotopic (exact) mass is 240 g/mol. The van der Waals surface area contributed by atoms with Gasteiger partial charge in [-0.2, -0.15) is 0 Å². The van der Waals surface area contributed by atoms with Gasteiger partial charge in [0.15, 0.2) is 0 Å². The van der Waals surface area contributed by atoms with E-state index in [0.29, 0.717) is 19.6 Å². The van der Waals surface area contributed by atoms with Crippen LogP contribution in [0.1, 0.15) is 26.7 Å². The molecule has 0 aromatic carbocycles. The second-order valence-corrected chi connectivity index (χ2v) is 4.15. The minimum absolute atomic E-state index is 0.0577. The van der Waals surface area contributed by atoms with Crippen LogP contribution in [0.15, 0.2) is 0 Å². The van der Waals surface area contributed by atoms with Crippen molar-refractivity contribution in [2.24, 2.45) is 0 Å². The fourth-order valence-corrected chi connectivity index (χ4v) is 1.68. The second-order valence-electron chi connectivity index (χ2n) is 4.15. The lowest BCUT2D eigenvalue weighted by atomic mass is 10.2. The molecule has 1 N–H and O–H groups in total. The number of esters is 1. The summed E-state index contributed by atoms with van der Waals surface area (Å²) in [6.07, 6.45) is 1.23. The number of rotatable bonds is 6. The number of hydrogen-bond acceptors (Lipinski definition) is 3. The topological polar surface area (TPSA) is 40.0 Å². The van der Waals surface area contributed by atoms with Crippen molar-refractivity contribution >= 4 is 5.97 Å². The second kappa shape index (κ2) is 8.10. The lowest BCUT2D eigenvalue weighted by molar-refractivity contribution is -0.889. The number of hydrogen-bond donors (Lipinski definition) is 1. The van der Waals surface area contributed by atoms with Crippen molar-refractivity contribution in [1.29, 1.82) is 0 Å². The van der Waals surface area contributed by atoms with Gasteiger partial charge in [-0.1, -0.05) is 5.92 Å². The van der Waals surface area contributed by atoms with E-state index in [1.165, 1.54) is 4.90 Å². The summed E-state index contributed by atoms with van der Waals surface area (Å²) in [7, 11) is 0. The molecule has 1 aliphatic heterocycles. The average molecular weight is 240 g/mol. The number of cyclic esters (lactones) is 1. The summed E-state index contributed by atoms with van der Waals surface area (Å²) in [5.41, 5.74) is 0. The first-order chi connectivity index (χ1) is 8.26. The maximum absolute atomic E-state index is 10.8. The zero-order valence-corrected chi connectivity index (χ0v) is 10.8. The Labute approximate surface area is 103 Å². The van der Waals surface area contributed by atoms with Crippen LogP contribution in [0.3, 0.4) is 0 Å². The molecule has 0 bridgehead atoms. The molecule has 0 spiro atoms. The highest BCUT2D eigenvalue weighted by Gasteiger charge is 2.22. The van der Waals surface area contributed by atoms with Gasteiger partial charge in [-0.05, 0) is 26.2 Å². The Hall–Kier alpha value is -1.05. The summed E-state index contributed by atoms with van der Waals surface area (Å²) in [6, 6.07) is 0. The highest BCUT2D eigenvalue weighted by Crippen LogP contribution is 2.13. The SMILES string of the molecule is CC[NH+](CC)CC#CCOC[C@H]1CCC(=O)O1. The van der Waals surface area contributed by atoms with E-state index in [1.807, 2.05) is 0 Å². The van der Waals surface area contributed by atoms with Crippen LogP contribution >= 0.6 is 0 Å². The summed E-state index contributed by atoms with van der Waals surface area (Å²) >= 11 is 0. The Balaban J connectivity index is 2.04. The van der Waals surface area contributed by atoms with Crippen LogP contribution in [0.4, 0.5) is 0 Å². The van der Waals surface area contributed by atoms with Crippen molar-refractivity contribution < 1.29 is 19.2 Å². The molecule has 0 saturated carbocycles. The van der Waals surface area contributed by atoms with Crippen LogP contribution in [0.25, 0.3) is 0 Å². The van der Waals surface area contributed by atoms with E-state index in [0.717, 1.165) is 26.1 Å². The predicted molar refractivity (Wildman–Crippen MR) is 64.6 cm³/mol. The Bertz CT molecular complexity index is 289. The summed E-state index contributed by atoms with van der Waals surface area (Å²) in [4.78, 5) is 12.3. The molecule has 0 aliphatic carbocycles. The van der Waals surface area contributed by atoms with Gasteiger partial charge in [0.25, 0.3) is 0 Å². The normalized spacial score (nSPS) is 19.0. The van der Waals surface area contributed by atoms with Gasteiger partial charge in [-0.3, -0.25) is 4.79 Å². The Morgan fingerprint density at radius 3 is 2.76 bits per heavy atom. The molecule has 4 heteroatoms. The van der Waals surface area contributed by atoms with Crippen molar-refractivity contribution in [1.82, 2.24) is 0 Å². The van der Waals surface area contributed by atoms with E-state index in [2.05, 4.69) is 25.7 Å². The molecular formula is C13H22NO3+. The molecule has 0 amide bonds. The molecular weight excluding hydrogens is 218 g/mol. The highest BCUT2D eigenvalue weighted by atomic mass is 16.6. The van der Waals surface area contributed by atoms with Crippen LogP contribution in [-0.2, 0) is 14.3 Å². The van der Waals surface area contributed by atoms with E-state index in [9.17, 15) is 4.79 Å². The van der Waals surface area contributed by atoms with Gasteiger partial charge in [0, 0.05) is 6.42 Å². The molecule has 0 radical (unpaired) electrons. The van der Waals surface area contributed by atoms with Crippen LogP contribution < -0.4 is 4.90 Å². The summed E-state index contributed by atoms with van der Waals surface area (Å²) in [6.45, 7) is 8.28. The predicted octanol–water partition coefficient (Wildman–Crippen LogP) is -0.363. The first kappa shape index (κ1) is 14.0. The average Bonchev–Trinajstić information content (AvgIpc) is 2.74. The van der Waals surface area contributed by atoms with Crippen LogP contribution in [0.2, 0.25) is 0 Å². The van der Waals surface area contributed by atoms with Crippen LogP contribution in [0.5, 0.6) is 0 Å². The minimum Gasteiger partial charge on any atom is -0.460 e. The minimum atomic E-state index is -0.116. The molecule has 96 valence electrons. The zero-order chi connectivity index (χ0) is 12.5. The smallest absolute Gasteiger partial charge is 0.306 e. The number of nitrogens with one attached hydrogen (secondary N) is 1. The molecule has 1 saturated heterocycles. The largest absolute Gasteiger partial charge is 0.460 e. The quantitative estimate of drug-likeness (QED) is 0.391. The van der Waals surface area contributed by atoms with Crippen molar-refractivity contribution in [2.45, 2.75) is 32.8 Å². The summed E-state index contributed by atoms with van der Waals surface area (Å²) in [5, 5.41) is 0. The molecule has 1 aliphatic rings. The fourth-order valence-electron chi connectivity index (χ4n) is 1.68. The Kier molecular flexibility index (Phi) is 6.68. The first-order valence-corrected chi connectivity index (χ1v) is 6.32. The molecule has 4 nitrogen and oxygen atoms in total. The molecule has 1 atom stereocenters. The Morgan fingerprint density at radius 1 is 1.41 bits per heavy atom. The maximum Gasteiger partial charge on any atom is 0.306 e. The lowest BCUT2D eigenvalue weighted by Gasteiger charge is -2.10. The summed E-state index contributed by atoms with van der Waals surface area (Å²) in [5.74, 6) is 5.97. The molecule has 0 aromatic rings. The Morgan fingerprint density at radius 2 is 2.18 bits per heavy atom. The van der Waals surface area contributed by atoms with Gasteiger partial charge in [0.1, 0.15) is 19.3 Å². The third kappa shape index (κ3) is 5.71. The molecule has 1 rings (SSSR count). The van der Waals surface area contributed by atoms with E-state index < -0.39 is 0 Å². The van der Waals surface area contributed by atoms with E-state index >= 15 is 0 Å². The third-order valence-electron chi connectivity index (χ3n) is 2.91. The van der Waals surface area contributed by atoms with Crippen molar-refractivity contribution in [3.8, 4) is 11.8 Å². The van der Waals surface area contributed by atoms with Crippen LogP contribution in [-0.4, -0.2) is 44.9 Å². The molecule has 1 fully saturated rings. The van der Waals surface area contributed by atoms with E-state index in [-0.39, 0.29) is 12.1 Å². The highest BCUT2D eigenvalue weighted by molar-refractivity contribution is 5.71. The van der Waals surface area contributed by atoms with Crippen LogP contribution in [0, 0.1) is 11.8 Å². The number of carbonyl (C=O) groups excluding carboxylic acids is 1. The molecule has 1 heterocycles. The van der Waals surface area contributed by atoms with Gasteiger partial charge in [-0.25, -0.2) is 0 Å². The number of carbonyl (C=O) groups is 1. The van der Waals surface area contributed by atoms with Gasteiger partial charge >= 0.3 is 5.97 Å². The van der Waals surface area contributed by atoms with E-state index in [4.69, 9.17) is 9.47 Å². The zero-order valence-electron chi connectivity index (χ0n) is 10.8. The number of quaternary nitrogens is 1. The maximum atomic E-state index is 10.8. The standard InChI is InChI=1S/C13H21NO3/c1-3-14(4-2)9-5-6-10-16-11-12-7-8-13(15)17-12/h12H,3-4,7-11H2,1-2H3/p+1/t12-/m1/s1.